The van der Waals surface area contributed by atoms with Gasteiger partial charge in [-0.2, -0.15) is 4.80 Å². The standard InChI is InChI=1S/C21H20ClN5O5S/c1-13-6-5-9-15(22)19(13)33-20-24-26-27(25-20)11-17(28)16(10-18(29)30)23-21(31)32-12-14-7-3-2-4-8-14/h2-9,16H,10-12H2,1H3,(H,23,31)(H,29,30). The van der Waals surface area contributed by atoms with Gasteiger partial charge in [-0.3, -0.25) is 9.59 Å². The highest BCUT2D eigenvalue weighted by molar-refractivity contribution is 7.99. The van der Waals surface area contributed by atoms with Crippen molar-refractivity contribution in [2.24, 2.45) is 0 Å². The zero-order chi connectivity index (χ0) is 23.8. The number of halogens is 1. The molecule has 10 nitrogen and oxygen atoms in total. The highest BCUT2D eigenvalue weighted by atomic mass is 35.5. The number of carbonyl (C=O) groups is 3. The van der Waals surface area contributed by atoms with Crippen molar-refractivity contribution in [3.8, 4) is 0 Å². The van der Waals surface area contributed by atoms with Crippen LogP contribution in [0.25, 0.3) is 0 Å². The fraction of sp³-hybridized carbons (Fsp3) is 0.238. The number of Topliss-reactive ketones (excluding diaryl/α,β-unsaturated/α-hetero) is 1. The van der Waals surface area contributed by atoms with Gasteiger partial charge in [-0.15, -0.1) is 10.2 Å². The fourth-order valence-corrected chi connectivity index (χ4v) is 3.88. The molecular formula is C21H20ClN5O5S. The molecule has 3 rings (SSSR count). The van der Waals surface area contributed by atoms with Gasteiger partial charge >= 0.3 is 12.1 Å². The molecule has 1 aromatic heterocycles. The van der Waals surface area contributed by atoms with E-state index in [9.17, 15) is 14.4 Å². The summed E-state index contributed by atoms with van der Waals surface area (Å²) in [7, 11) is 0. The molecule has 0 saturated carbocycles. The van der Waals surface area contributed by atoms with Crippen molar-refractivity contribution >= 4 is 41.2 Å². The molecule has 2 N–H and O–H groups in total. The second kappa shape index (κ2) is 11.4. The number of aromatic nitrogens is 4. The van der Waals surface area contributed by atoms with Crippen molar-refractivity contribution in [1.29, 1.82) is 0 Å². The molecule has 0 aliphatic rings. The summed E-state index contributed by atoms with van der Waals surface area (Å²) in [6.07, 6.45) is -1.52. The summed E-state index contributed by atoms with van der Waals surface area (Å²) in [6, 6.07) is 13.1. The van der Waals surface area contributed by atoms with E-state index in [0.717, 1.165) is 20.8 Å². The number of aryl methyl sites for hydroxylation is 1. The number of amides is 1. The lowest BCUT2D eigenvalue weighted by molar-refractivity contribution is -0.139. The Bertz CT molecular complexity index is 1120. The van der Waals surface area contributed by atoms with Crippen LogP contribution in [-0.2, 0) is 27.5 Å². The topological polar surface area (TPSA) is 136 Å². The number of carboxylic acids is 1. The first-order valence-electron chi connectivity index (χ1n) is 9.74. The van der Waals surface area contributed by atoms with Gasteiger partial charge in [0.05, 0.1) is 11.4 Å². The Hall–Kier alpha value is -3.44. The smallest absolute Gasteiger partial charge is 0.408 e. The molecule has 1 atom stereocenters. The van der Waals surface area contributed by atoms with Crippen LogP contribution in [0.2, 0.25) is 5.02 Å². The number of alkyl carbamates (subject to hydrolysis) is 1. The molecule has 0 fully saturated rings. The van der Waals surface area contributed by atoms with Crippen molar-refractivity contribution in [3.63, 3.8) is 0 Å². The van der Waals surface area contributed by atoms with Gasteiger partial charge in [-0.05, 0) is 41.1 Å². The van der Waals surface area contributed by atoms with Crippen molar-refractivity contribution in [3.05, 3.63) is 64.7 Å². The maximum absolute atomic E-state index is 12.6. The number of carbonyl (C=O) groups excluding carboxylic acids is 2. The molecule has 172 valence electrons. The molecule has 0 aliphatic carbocycles. The maximum Gasteiger partial charge on any atom is 0.408 e. The highest BCUT2D eigenvalue weighted by Crippen LogP contribution is 2.33. The van der Waals surface area contributed by atoms with E-state index in [0.29, 0.717) is 5.02 Å². The molecule has 0 radical (unpaired) electrons. The van der Waals surface area contributed by atoms with Gasteiger partial charge < -0.3 is 15.2 Å². The van der Waals surface area contributed by atoms with Crippen LogP contribution in [0.5, 0.6) is 0 Å². The second-order valence-corrected chi connectivity index (χ2v) is 8.30. The van der Waals surface area contributed by atoms with Crippen LogP contribution in [0.1, 0.15) is 17.5 Å². The maximum atomic E-state index is 12.6. The van der Waals surface area contributed by atoms with Crippen LogP contribution in [0.3, 0.4) is 0 Å². The van der Waals surface area contributed by atoms with Crippen LogP contribution in [-0.4, -0.2) is 49.2 Å². The van der Waals surface area contributed by atoms with Crippen molar-refractivity contribution in [2.75, 3.05) is 0 Å². The lowest BCUT2D eigenvalue weighted by Crippen LogP contribution is -2.44. The Morgan fingerprint density at radius 3 is 2.64 bits per heavy atom. The van der Waals surface area contributed by atoms with Crippen LogP contribution in [0.15, 0.2) is 58.6 Å². The summed E-state index contributed by atoms with van der Waals surface area (Å²) >= 11 is 7.40. The molecule has 1 amide bonds. The minimum Gasteiger partial charge on any atom is -0.481 e. The van der Waals surface area contributed by atoms with Crippen LogP contribution >= 0.6 is 23.4 Å². The molecule has 0 spiro atoms. The first kappa shape index (κ1) is 24.2. The van der Waals surface area contributed by atoms with Crippen molar-refractivity contribution in [2.45, 2.75) is 42.6 Å². The largest absolute Gasteiger partial charge is 0.481 e. The van der Waals surface area contributed by atoms with E-state index in [1.807, 2.05) is 25.1 Å². The molecule has 0 aliphatic heterocycles. The minimum absolute atomic E-state index is 0.0205. The molecule has 2 aromatic carbocycles. The zero-order valence-electron chi connectivity index (χ0n) is 17.5. The van der Waals surface area contributed by atoms with Gasteiger partial charge in [0.15, 0.2) is 5.78 Å². The number of nitrogens with zero attached hydrogens (tertiary/aromatic N) is 4. The van der Waals surface area contributed by atoms with Gasteiger partial charge in [0.1, 0.15) is 19.2 Å². The molecule has 3 aromatic rings. The minimum atomic E-state index is -1.32. The third-order valence-corrected chi connectivity index (χ3v) is 5.88. The van der Waals surface area contributed by atoms with E-state index in [4.69, 9.17) is 21.4 Å². The average molecular weight is 490 g/mol. The van der Waals surface area contributed by atoms with Gasteiger partial charge in [-0.1, -0.05) is 54.1 Å². The lowest BCUT2D eigenvalue weighted by atomic mass is 10.1. The van der Waals surface area contributed by atoms with Crippen LogP contribution in [0, 0.1) is 6.92 Å². The predicted octanol–water partition coefficient (Wildman–Crippen LogP) is 3.12. The summed E-state index contributed by atoms with van der Waals surface area (Å²) in [5.41, 5.74) is 1.68. The molecule has 0 bridgehead atoms. The molecule has 1 unspecified atom stereocenters. The number of benzene rings is 2. The number of ether oxygens (including phenoxy) is 1. The van der Waals surface area contributed by atoms with E-state index < -0.39 is 30.3 Å². The quantitative estimate of drug-likeness (QED) is 0.440. The van der Waals surface area contributed by atoms with E-state index >= 15 is 0 Å². The number of aliphatic carboxylic acids is 1. The summed E-state index contributed by atoms with van der Waals surface area (Å²) < 4.78 is 5.07. The second-order valence-electron chi connectivity index (χ2n) is 6.91. The molecule has 33 heavy (non-hydrogen) atoms. The van der Waals surface area contributed by atoms with E-state index in [1.165, 1.54) is 11.8 Å². The average Bonchev–Trinajstić information content (AvgIpc) is 3.22. The van der Waals surface area contributed by atoms with Crippen LogP contribution in [0.4, 0.5) is 4.79 Å². The molecule has 0 saturated heterocycles. The number of nitrogens with one attached hydrogen (secondary N) is 1. The first-order valence-corrected chi connectivity index (χ1v) is 10.9. The first-order chi connectivity index (χ1) is 15.8. The van der Waals surface area contributed by atoms with E-state index in [-0.39, 0.29) is 18.3 Å². The summed E-state index contributed by atoms with van der Waals surface area (Å²) in [6.45, 7) is 1.49. The van der Waals surface area contributed by atoms with Gasteiger partial charge in [0, 0.05) is 4.90 Å². The van der Waals surface area contributed by atoms with Gasteiger partial charge in [0.25, 0.3) is 0 Å². The fourth-order valence-electron chi connectivity index (χ4n) is 2.75. The number of hydrogen-bond donors (Lipinski definition) is 2. The highest BCUT2D eigenvalue weighted by Gasteiger charge is 2.25. The SMILES string of the molecule is Cc1cccc(Cl)c1Sc1nnn(CC(=O)C(CC(=O)O)NC(=O)OCc2ccccc2)n1. The Morgan fingerprint density at radius 1 is 1.18 bits per heavy atom. The number of tetrazole rings is 1. The number of hydrogen-bond acceptors (Lipinski definition) is 8. The van der Waals surface area contributed by atoms with Crippen molar-refractivity contribution < 1.29 is 24.2 Å². The Morgan fingerprint density at radius 2 is 1.94 bits per heavy atom. The number of carboxylic acid groups (broad SMARTS) is 1. The Labute approximate surface area is 198 Å². The summed E-state index contributed by atoms with van der Waals surface area (Å²) in [5, 5.41) is 24.1. The van der Waals surface area contributed by atoms with E-state index in [1.54, 1.807) is 30.3 Å². The third-order valence-electron chi connectivity index (χ3n) is 4.36. The monoisotopic (exact) mass is 489 g/mol. The molecule has 1 heterocycles. The summed E-state index contributed by atoms with van der Waals surface area (Å²) in [4.78, 5) is 37.7. The van der Waals surface area contributed by atoms with E-state index in [2.05, 4.69) is 20.7 Å². The normalized spacial score (nSPS) is 11.6. The molecule has 12 heteroatoms. The van der Waals surface area contributed by atoms with Gasteiger partial charge in [-0.25, -0.2) is 4.79 Å². The van der Waals surface area contributed by atoms with Crippen LogP contribution < -0.4 is 5.32 Å². The van der Waals surface area contributed by atoms with Crippen molar-refractivity contribution in [1.82, 2.24) is 25.5 Å². The third kappa shape index (κ3) is 7.29. The zero-order valence-corrected chi connectivity index (χ0v) is 19.0. The number of rotatable bonds is 10. The predicted molar refractivity (Wildman–Crippen MR) is 119 cm³/mol. The van der Waals surface area contributed by atoms with Gasteiger partial charge in [0.2, 0.25) is 5.16 Å². The number of ketones is 1. The Kier molecular flexibility index (Phi) is 8.39. The Balaban J connectivity index is 1.60. The molecular weight excluding hydrogens is 470 g/mol. The summed E-state index contributed by atoms with van der Waals surface area (Å²) in [5.74, 6) is -1.87. The lowest BCUT2D eigenvalue weighted by Gasteiger charge is -2.15.